The minimum Gasteiger partial charge on any atom is -0.396 e. The van der Waals surface area contributed by atoms with Gasteiger partial charge in [-0.15, -0.1) is 0 Å². The Morgan fingerprint density at radius 1 is 1.47 bits per heavy atom. The predicted octanol–water partition coefficient (Wildman–Crippen LogP) is 2.12. The van der Waals surface area contributed by atoms with E-state index < -0.39 is 0 Å². The molecule has 1 aromatic rings. The largest absolute Gasteiger partial charge is 0.396 e. The second kappa shape index (κ2) is 7.89. The van der Waals surface area contributed by atoms with Gasteiger partial charge in [0.25, 0.3) is 5.91 Å². The molecule has 1 amide bonds. The minimum absolute atomic E-state index is 0.0188. The smallest absolute Gasteiger partial charge is 0.253 e. The van der Waals surface area contributed by atoms with Gasteiger partial charge in [0.05, 0.1) is 0 Å². The van der Waals surface area contributed by atoms with Gasteiger partial charge in [-0.2, -0.15) is 0 Å². The van der Waals surface area contributed by atoms with E-state index in [0.717, 1.165) is 25.1 Å². The summed E-state index contributed by atoms with van der Waals surface area (Å²) in [4.78, 5) is 18.1. The Balaban J connectivity index is 2.58. The molecular weight excluding hydrogens is 240 g/mol. The van der Waals surface area contributed by atoms with Crippen molar-refractivity contribution in [1.29, 1.82) is 0 Å². The standard InChI is InChI=1S/C15H24N2O2/c1-12(2)5-4-9-17(3)15(19)13-6-8-16-14(11-13)7-10-18/h6,8,11-12,18H,4-5,7,9-10H2,1-3H3. The first kappa shape index (κ1) is 15.6. The number of aromatic nitrogens is 1. The van der Waals surface area contributed by atoms with Crippen molar-refractivity contribution in [2.24, 2.45) is 5.92 Å². The maximum Gasteiger partial charge on any atom is 0.253 e. The molecule has 1 aromatic heterocycles. The second-order valence-electron chi connectivity index (χ2n) is 5.27. The van der Waals surface area contributed by atoms with Gasteiger partial charge in [0.15, 0.2) is 0 Å². The van der Waals surface area contributed by atoms with E-state index in [1.54, 1.807) is 23.2 Å². The Morgan fingerprint density at radius 2 is 2.21 bits per heavy atom. The molecule has 0 spiro atoms. The molecule has 106 valence electrons. The van der Waals surface area contributed by atoms with E-state index in [1.165, 1.54) is 0 Å². The SMILES string of the molecule is CC(C)CCCN(C)C(=O)c1ccnc(CCO)c1. The van der Waals surface area contributed by atoms with Crippen LogP contribution in [0.4, 0.5) is 0 Å². The van der Waals surface area contributed by atoms with E-state index in [-0.39, 0.29) is 12.5 Å². The Labute approximate surface area is 115 Å². The molecule has 4 heteroatoms. The van der Waals surface area contributed by atoms with E-state index >= 15 is 0 Å². The van der Waals surface area contributed by atoms with E-state index in [9.17, 15) is 4.79 Å². The molecule has 4 nitrogen and oxygen atoms in total. The highest BCUT2D eigenvalue weighted by atomic mass is 16.3. The number of pyridine rings is 1. The number of aliphatic hydroxyl groups excluding tert-OH is 1. The highest BCUT2D eigenvalue weighted by Crippen LogP contribution is 2.08. The lowest BCUT2D eigenvalue weighted by molar-refractivity contribution is 0.0791. The molecule has 0 aromatic carbocycles. The van der Waals surface area contributed by atoms with Crippen molar-refractivity contribution >= 4 is 5.91 Å². The van der Waals surface area contributed by atoms with Gasteiger partial charge in [-0.1, -0.05) is 13.8 Å². The molecule has 0 fully saturated rings. The van der Waals surface area contributed by atoms with Crippen LogP contribution < -0.4 is 0 Å². The molecule has 0 aliphatic carbocycles. The van der Waals surface area contributed by atoms with Crippen molar-refractivity contribution in [3.05, 3.63) is 29.6 Å². The van der Waals surface area contributed by atoms with Gasteiger partial charge >= 0.3 is 0 Å². The lowest BCUT2D eigenvalue weighted by Crippen LogP contribution is -2.28. The molecule has 0 aliphatic rings. The fraction of sp³-hybridized carbons (Fsp3) is 0.600. The number of hydrogen-bond donors (Lipinski definition) is 1. The maximum absolute atomic E-state index is 12.2. The summed E-state index contributed by atoms with van der Waals surface area (Å²) in [6.45, 7) is 5.20. The molecule has 0 atom stereocenters. The molecule has 0 unspecified atom stereocenters. The Bertz CT molecular complexity index is 405. The number of carbonyl (C=O) groups excluding carboxylic acids is 1. The summed E-state index contributed by atoms with van der Waals surface area (Å²) in [5.41, 5.74) is 1.40. The summed E-state index contributed by atoms with van der Waals surface area (Å²) in [5.74, 6) is 0.686. The average molecular weight is 264 g/mol. The molecule has 0 bridgehead atoms. The van der Waals surface area contributed by atoms with Gasteiger partial charge in [0, 0.05) is 44.1 Å². The zero-order valence-electron chi connectivity index (χ0n) is 12.1. The van der Waals surface area contributed by atoms with Gasteiger partial charge in [0.2, 0.25) is 0 Å². The van der Waals surface area contributed by atoms with Crippen LogP contribution in [0.2, 0.25) is 0 Å². The molecule has 0 saturated heterocycles. The lowest BCUT2D eigenvalue weighted by atomic mass is 10.1. The van der Waals surface area contributed by atoms with E-state index in [1.807, 2.05) is 7.05 Å². The van der Waals surface area contributed by atoms with Crippen molar-refractivity contribution < 1.29 is 9.90 Å². The van der Waals surface area contributed by atoms with Crippen LogP contribution in [-0.2, 0) is 6.42 Å². The van der Waals surface area contributed by atoms with Crippen molar-refractivity contribution in [3.63, 3.8) is 0 Å². The van der Waals surface area contributed by atoms with Gasteiger partial charge in [-0.3, -0.25) is 9.78 Å². The summed E-state index contributed by atoms with van der Waals surface area (Å²) in [5, 5.41) is 8.89. The summed E-state index contributed by atoms with van der Waals surface area (Å²) in [7, 11) is 1.83. The fourth-order valence-electron chi connectivity index (χ4n) is 1.92. The quantitative estimate of drug-likeness (QED) is 0.820. The van der Waals surface area contributed by atoms with E-state index in [4.69, 9.17) is 5.11 Å². The van der Waals surface area contributed by atoms with Gasteiger partial charge < -0.3 is 10.0 Å². The van der Waals surface area contributed by atoms with Crippen LogP contribution in [0.5, 0.6) is 0 Å². The third-order valence-electron chi connectivity index (χ3n) is 3.05. The first-order valence-electron chi connectivity index (χ1n) is 6.86. The van der Waals surface area contributed by atoms with Crippen molar-refractivity contribution in [1.82, 2.24) is 9.88 Å². The summed E-state index contributed by atoms with van der Waals surface area (Å²) in [6.07, 6.45) is 4.26. The van der Waals surface area contributed by atoms with Crippen molar-refractivity contribution in [3.8, 4) is 0 Å². The lowest BCUT2D eigenvalue weighted by Gasteiger charge is -2.18. The first-order valence-corrected chi connectivity index (χ1v) is 6.86. The predicted molar refractivity (Wildman–Crippen MR) is 76.1 cm³/mol. The van der Waals surface area contributed by atoms with E-state index in [2.05, 4.69) is 18.8 Å². The number of amides is 1. The number of nitrogens with zero attached hydrogens (tertiary/aromatic N) is 2. The zero-order chi connectivity index (χ0) is 14.3. The number of hydrogen-bond acceptors (Lipinski definition) is 3. The molecule has 0 saturated carbocycles. The molecule has 0 aliphatic heterocycles. The van der Waals surface area contributed by atoms with Gasteiger partial charge in [0.1, 0.15) is 0 Å². The maximum atomic E-state index is 12.2. The topological polar surface area (TPSA) is 53.4 Å². The molecule has 1 N–H and O–H groups in total. The number of rotatable bonds is 7. The molecule has 0 radical (unpaired) electrons. The van der Waals surface area contributed by atoms with Crippen molar-refractivity contribution in [2.45, 2.75) is 33.1 Å². The molecule has 1 heterocycles. The van der Waals surface area contributed by atoms with Crippen LogP contribution >= 0.6 is 0 Å². The minimum atomic E-state index is 0.0188. The highest BCUT2D eigenvalue weighted by Gasteiger charge is 2.12. The molecule has 19 heavy (non-hydrogen) atoms. The van der Waals surface area contributed by atoms with Crippen LogP contribution in [-0.4, -0.2) is 41.1 Å². The average Bonchev–Trinajstić information content (AvgIpc) is 2.38. The normalized spacial score (nSPS) is 10.8. The summed E-state index contributed by atoms with van der Waals surface area (Å²) in [6, 6.07) is 3.49. The van der Waals surface area contributed by atoms with Crippen molar-refractivity contribution in [2.75, 3.05) is 20.2 Å². The summed E-state index contributed by atoms with van der Waals surface area (Å²) >= 11 is 0. The van der Waals surface area contributed by atoms with Crippen LogP contribution in [0.25, 0.3) is 0 Å². The fourth-order valence-corrected chi connectivity index (χ4v) is 1.92. The Kier molecular flexibility index (Phi) is 6.50. The van der Waals surface area contributed by atoms with Crippen LogP contribution in [0, 0.1) is 5.92 Å². The third kappa shape index (κ3) is 5.39. The van der Waals surface area contributed by atoms with E-state index in [0.29, 0.717) is 17.9 Å². The number of aliphatic hydroxyl groups is 1. The third-order valence-corrected chi connectivity index (χ3v) is 3.05. The number of carbonyl (C=O) groups is 1. The highest BCUT2D eigenvalue weighted by molar-refractivity contribution is 5.94. The summed E-state index contributed by atoms with van der Waals surface area (Å²) < 4.78 is 0. The van der Waals surface area contributed by atoms with Crippen LogP contribution in [0.1, 0.15) is 42.7 Å². The van der Waals surface area contributed by atoms with Gasteiger partial charge in [-0.25, -0.2) is 0 Å². The second-order valence-corrected chi connectivity index (χ2v) is 5.27. The van der Waals surface area contributed by atoms with Crippen LogP contribution in [0.3, 0.4) is 0 Å². The monoisotopic (exact) mass is 264 g/mol. The molecular formula is C15H24N2O2. The Hall–Kier alpha value is -1.42. The van der Waals surface area contributed by atoms with Gasteiger partial charge in [-0.05, 0) is 30.9 Å². The van der Waals surface area contributed by atoms with Crippen LogP contribution in [0.15, 0.2) is 18.3 Å². The Morgan fingerprint density at radius 3 is 2.84 bits per heavy atom. The first-order chi connectivity index (χ1) is 9.04. The molecule has 1 rings (SSSR count). The zero-order valence-corrected chi connectivity index (χ0v) is 12.1.